The predicted octanol–water partition coefficient (Wildman–Crippen LogP) is 5.50. The fourth-order valence-corrected chi connectivity index (χ4v) is 4.35. The van der Waals surface area contributed by atoms with E-state index in [0.717, 1.165) is 12.8 Å². The summed E-state index contributed by atoms with van der Waals surface area (Å²) in [6.07, 6.45) is 2.14. The molecule has 0 aliphatic carbocycles. The second-order valence-electron chi connectivity index (χ2n) is 6.23. The zero-order valence-electron chi connectivity index (χ0n) is 13.5. The maximum absolute atomic E-state index is 2.27. The van der Waals surface area contributed by atoms with Crippen LogP contribution in [0.3, 0.4) is 0 Å². The molecular formula is C23H18Zr+2. The van der Waals surface area contributed by atoms with E-state index in [4.69, 9.17) is 0 Å². The molecule has 0 heterocycles. The first-order valence-electron chi connectivity index (χ1n) is 8.31. The van der Waals surface area contributed by atoms with Gasteiger partial charge in [-0.15, -0.1) is 0 Å². The molecule has 24 heavy (non-hydrogen) atoms. The van der Waals surface area contributed by atoms with E-state index >= 15 is 0 Å². The van der Waals surface area contributed by atoms with Crippen LogP contribution in [0.25, 0.3) is 21.5 Å². The molecule has 4 aromatic carbocycles. The summed E-state index contributed by atoms with van der Waals surface area (Å²) in [6.45, 7) is 0. The second kappa shape index (κ2) is 6.95. The van der Waals surface area contributed by atoms with Gasteiger partial charge in [0, 0.05) is 0 Å². The van der Waals surface area contributed by atoms with E-state index in [2.05, 4.69) is 84.9 Å². The molecule has 0 radical (unpaired) electrons. The summed E-state index contributed by atoms with van der Waals surface area (Å²) in [5.74, 6) is 0. The third-order valence-electron chi connectivity index (χ3n) is 4.57. The average molecular weight is 386 g/mol. The molecule has 0 saturated heterocycles. The van der Waals surface area contributed by atoms with Crippen LogP contribution in [0.5, 0.6) is 0 Å². The van der Waals surface area contributed by atoms with Crippen LogP contribution in [0.15, 0.2) is 84.9 Å². The number of rotatable bonds is 4. The van der Waals surface area contributed by atoms with Gasteiger partial charge in [-0.05, 0) is 0 Å². The van der Waals surface area contributed by atoms with Gasteiger partial charge in [0.15, 0.2) is 0 Å². The van der Waals surface area contributed by atoms with Crippen LogP contribution in [0.4, 0.5) is 0 Å². The van der Waals surface area contributed by atoms with Crippen molar-refractivity contribution in [2.75, 3.05) is 0 Å². The molecule has 0 spiro atoms. The fraction of sp³-hybridized carbons (Fsp3) is 0.0870. The average Bonchev–Trinajstić information content (AvgIpc) is 2.62. The second-order valence-corrected chi connectivity index (χ2v) is 7.97. The van der Waals surface area contributed by atoms with Gasteiger partial charge < -0.3 is 0 Å². The standard InChI is InChI=1S/C23H18.Zr/c1-3-16-22-18(8-1)10-5-12-20(22)14-7-15-21-13-6-11-19-9-2-4-17-23(19)21;/h1-6,8-13,16-17H,14-15H2;/q;+2. The van der Waals surface area contributed by atoms with Crippen molar-refractivity contribution in [1.82, 2.24) is 0 Å². The Morgan fingerprint density at radius 3 is 1.46 bits per heavy atom. The van der Waals surface area contributed by atoms with E-state index in [9.17, 15) is 0 Å². The molecule has 0 aliphatic heterocycles. The van der Waals surface area contributed by atoms with E-state index in [1.54, 1.807) is 3.21 Å². The van der Waals surface area contributed by atoms with Gasteiger partial charge in [0.1, 0.15) is 0 Å². The minimum absolute atomic E-state index is 1.07. The molecular weight excluding hydrogens is 367 g/mol. The monoisotopic (exact) mass is 384 g/mol. The Morgan fingerprint density at radius 1 is 0.542 bits per heavy atom. The van der Waals surface area contributed by atoms with Crippen molar-refractivity contribution in [3.63, 3.8) is 0 Å². The third kappa shape index (κ3) is 3.19. The van der Waals surface area contributed by atoms with Gasteiger partial charge >= 0.3 is 158 Å². The third-order valence-corrected chi connectivity index (χ3v) is 5.44. The predicted molar refractivity (Wildman–Crippen MR) is 100 cm³/mol. The van der Waals surface area contributed by atoms with E-state index in [-0.39, 0.29) is 0 Å². The number of fused-ring (bicyclic) bond motifs is 2. The molecule has 0 aliphatic rings. The molecule has 0 unspecified atom stereocenters. The number of hydrogen-bond acceptors (Lipinski definition) is 0. The molecule has 0 N–H and O–H groups in total. The Hall–Kier alpha value is -1.85. The quantitative estimate of drug-likeness (QED) is 0.435. The zero-order valence-corrected chi connectivity index (χ0v) is 16.0. The van der Waals surface area contributed by atoms with Crippen molar-refractivity contribution in [2.24, 2.45) is 0 Å². The van der Waals surface area contributed by atoms with Crippen LogP contribution < -0.4 is 0 Å². The first-order chi connectivity index (χ1) is 11.8. The van der Waals surface area contributed by atoms with Gasteiger partial charge in [0.05, 0.1) is 0 Å². The first-order valence-corrected chi connectivity index (χ1v) is 9.54. The van der Waals surface area contributed by atoms with Crippen molar-refractivity contribution in [3.8, 4) is 0 Å². The van der Waals surface area contributed by atoms with Gasteiger partial charge in [0.2, 0.25) is 0 Å². The van der Waals surface area contributed by atoms with Crippen LogP contribution >= 0.6 is 0 Å². The Bertz CT molecular complexity index is 936. The topological polar surface area (TPSA) is 0 Å². The van der Waals surface area contributed by atoms with Crippen molar-refractivity contribution >= 4 is 24.8 Å². The summed E-state index contributed by atoms with van der Waals surface area (Å²) >= 11 is 1.53. The summed E-state index contributed by atoms with van der Waals surface area (Å²) < 4.78 is 1.59. The SMILES string of the molecule is [Zr+2]=[C](Cc1cccc2ccccc12)Cc1cccc2ccccc12. The van der Waals surface area contributed by atoms with Crippen molar-refractivity contribution in [2.45, 2.75) is 12.8 Å². The van der Waals surface area contributed by atoms with E-state index in [1.807, 2.05) is 0 Å². The molecule has 1 heteroatoms. The fourth-order valence-electron chi connectivity index (χ4n) is 3.42. The normalized spacial score (nSPS) is 11.1. The van der Waals surface area contributed by atoms with Crippen LogP contribution in [0.1, 0.15) is 11.1 Å². The number of hydrogen-bond donors (Lipinski definition) is 0. The van der Waals surface area contributed by atoms with Crippen molar-refractivity contribution in [3.05, 3.63) is 96.1 Å². The molecule has 0 saturated carbocycles. The van der Waals surface area contributed by atoms with Crippen LogP contribution in [0, 0.1) is 0 Å². The van der Waals surface area contributed by atoms with Gasteiger partial charge in [-0.25, -0.2) is 0 Å². The van der Waals surface area contributed by atoms with Gasteiger partial charge in [-0.1, -0.05) is 0 Å². The summed E-state index contributed by atoms with van der Waals surface area (Å²) in [6, 6.07) is 30.7. The Morgan fingerprint density at radius 2 is 0.958 bits per heavy atom. The van der Waals surface area contributed by atoms with Crippen LogP contribution in [0.2, 0.25) is 0 Å². The number of benzene rings is 4. The van der Waals surface area contributed by atoms with E-state index in [0.29, 0.717) is 0 Å². The molecule has 0 bridgehead atoms. The summed E-state index contributed by atoms with van der Waals surface area (Å²) in [4.78, 5) is 0. The zero-order chi connectivity index (χ0) is 16.4. The minimum atomic E-state index is 1.07. The molecule has 4 aromatic rings. The summed E-state index contributed by atoms with van der Waals surface area (Å²) in [5, 5.41) is 5.45. The summed E-state index contributed by atoms with van der Waals surface area (Å²) in [7, 11) is 0. The molecule has 0 amide bonds. The molecule has 112 valence electrons. The molecule has 0 fully saturated rings. The van der Waals surface area contributed by atoms with E-state index < -0.39 is 0 Å². The first kappa shape index (κ1) is 15.7. The van der Waals surface area contributed by atoms with E-state index in [1.165, 1.54) is 56.9 Å². The van der Waals surface area contributed by atoms with Crippen LogP contribution in [-0.2, 0) is 37.1 Å². The van der Waals surface area contributed by atoms with Gasteiger partial charge in [-0.3, -0.25) is 0 Å². The maximum atomic E-state index is 2.27. The van der Waals surface area contributed by atoms with Crippen molar-refractivity contribution in [1.29, 1.82) is 0 Å². The Kier molecular flexibility index (Phi) is 4.54. The Balaban J connectivity index is 1.62. The Labute approximate surface area is 157 Å². The van der Waals surface area contributed by atoms with Gasteiger partial charge in [0.25, 0.3) is 0 Å². The molecule has 0 atom stereocenters. The van der Waals surface area contributed by atoms with Crippen molar-refractivity contribution < 1.29 is 24.2 Å². The summed E-state index contributed by atoms with van der Waals surface area (Å²) in [5.41, 5.74) is 2.89. The molecule has 4 rings (SSSR count). The molecule has 0 aromatic heterocycles. The van der Waals surface area contributed by atoms with Gasteiger partial charge in [-0.2, -0.15) is 0 Å². The van der Waals surface area contributed by atoms with Crippen LogP contribution in [-0.4, -0.2) is 3.21 Å². The molecule has 0 nitrogen and oxygen atoms in total.